The quantitative estimate of drug-likeness (QED) is 0.159. The van der Waals surface area contributed by atoms with Crippen LogP contribution in [0.25, 0.3) is 0 Å². The van der Waals surface area contributed by atoms with Crippen LogP contribution in [-0.4, -0.2) is 111 Å². The van der Waals surface area contributed by atoms with Crippen LogP contribution in [0.2, 0.25) is 0 Å². The van der Waals surface area contributed by atoms with E-state index in [0.717, 1.165) is 76.8 Å². The number of amides is 1. The average Bonchev–Trinajstić information content (AvgIpc) is 3.72. The highest BCUT2D eigenvalue weighted by Crippen LogP contribution is 2.41. The van der Waals surface area contributed by atoms with E-state index in [1.165, 1.54) is 12.8 Å². The van der Waals surface area contributed by atoms with Crippen LogP contribution in [0.15, 0.2) is 11.6 Å². The van der Waals surface area contributed by atoms with Crippen LogP contribution in [0.4, 0.5) is 4.39 Å². The Morgan fingerprint density at radius 2 is 1.82 bits per heavy atom. The molecule has 9 nitrogen and oxygen atoms in total. The Bertz CT molecular complexity index is 799. The predicted octanol–water partition coefficient (Wildman–Crippen LogP) is 0.798. The molecule has 0 aromatic rings. The third-order valence-electron chi connectivity index (χ3n) is 9.36. The van der Waals surface area contributed by atoms with Crippen LogP contribution < -0.4 is 27.4 Å². The zero-order valence-electron chi connectivity index (χ0n) is 24.4. The highest BCUT2D eigenvalue weighted by Gasteiger charge is 2.46. The van der Waals surface area contributed by atoms with Gasteiger partial charge in [-0.25, -0.2) is 4.39 Å². The Balaban J connectivity index is 1.47. The highest BCUT2D eigenvalue weighted by atomic mass is 19.1. The Morgan fingerprint density at radius 3 is 2.38 bits per heavy atom. The molecule has 4 aliphatic rings. The van der Waals surface area contributed by atoms with Crippen LogP contribution in [0.5, 0.6) is 0 Å². The number of rotatable bonds is 14. The maximum absolute atomic E-state index is 14.4. The van der Waals surface area contributed by atoms with Crippen molar-refractivity contribution in [1.29, 1.82) is 0 Å². The standard InChI is InChI=1S/C29H54FN7O2/c1-4-6-21(30)14-34-24(13-19(3)5-2)26(28(31)32)29(38)35-25-16-33-15-23(20-7-8-20)27(25)37-11-9-36(10-12-37)22-17-39-18-22/h13,20-28,33-34H,4-12,14-18,31-32H2,1-3H3,(H,35,38). The molecule has 4 rings (SSSR count). The lowest BCUT2D eigenvalue weighted by Crippen LogP contribution is -2.69. The van der Waals surface area contributed by atoms with Gasteiger partial charge in [0.15, 0.2) is 0 Å². The second-order valence-corrected chi connectivity index (χ2v) is 12.3. The van der Waals surface area contributed by atoms with Crippen molar-refractivity contribution >= 4 is 5.91 Å². The molecule has 1 aliphatic carbocycles. The van der Waals surface area contributed by atoms with Crippen LogP contribution in [0.3, 0.4) is 0 Å². The first-order chi connectivity index (χ1) is 18.8. The third kappa shape index (κ3) is 8.21. The van der Waals surface area contributed by atoms with Gasteiger partial charge in [0, 0.05) is 51.4 Å². The van der Waals surface area contributed by atoms with Gasteiger partial charge in [0.2, 0.25) is 5.91 Å². The van der Waals surface area contributed by atoms with E-state index in [1.54, 1.807) is 0 Å². The average molecular weight is 552 g/mol. The highest BCUT2D eigenvalue weighted by molar-refractivity contribution is 5.81. The number of carbonyl (C=O) groups is 1. The van der Waals surface area contributed by atoms with Crippen LogP contribution in [0, 0.1) is 17.8 Å². The summed E-state index contributed by atoms with van der Waals surface area (Å²) in [6.07, 6.45) is 4.83. The van der Waals surface area contributed by atoms with Gasteiger partial charge in [-0.1, -0.05) is 31.9 Å². The number of ether oxygens (including phenoxy) is 1. The van der Waals surface area contributed by atoms with Crippen LogP contribution in [0.1, 0.15) is 52.9 Å². The van der Waals surface area contributed by atoms with Crippen LogP contribution in [-0.2, 0) is 9.53 Å². The van der Waals surface area contributed by atoms with Crippen molar-refractivity contribution in [3.63, 3.8) is 0 Å². The van der Waals surface area contributed by atoms with Crippen molar-refractivity contribution in [2.45, 2.75) is 89.4 Å². The predicted molar refractivity (Wildman–Crippen MR) is 154 cm³/mol. The molecular formula is C29H54FN7O2. The van der Waals surface area contributed by atoms with Gasteiger partial charge in [0.05, 0.1) is 37.4 Å². The number of hydrogen-bond donors (Lipinski definition) is 5. The molecule has 7 N–H and O–H groups in total. The van der Waals surface area contributed by atoms with E-state index in [2.05, 4.69) is 32.7 Å². The van der Waals surface area contributed by atoms with E-state index < -0.39 is 24.3 Å². The number of piperazine rings is 1. The molecule has 3 aliphatic heterocycles. The molecule has 10 heteroatoms. The zero-order valence-corrected chi connectivity index (χ0v) is 24.4. The summed E-state index contributed by atoms with van der Waals surface area (Å²) in [6.45, 7) is 13.8. The molecule has 3 saturated heterocycles. The molecule has 3 heterocycles. The number of nitrogens with zero attached hydrogens (tertiary/aromatic N) is 2. The maximum atomic E-state index is 14.4. The van der Waals surface area contributed by atoms with Crippen molar-refractivity contribution in [3.8, 4) is 0 Å². The first-order valence-corrected chi connectivity index (χ1v) is 15.4. The Morgan fingerprint density at radius 1 is 1.13 bits per heavy atom. The van der Waals surface area contributed by atoms with E-state index in [9.17, 15) is 9.18 Å². The molecule has 1 saturated carbocycles. The lowest BCUT2D eigenvalue weighted by molar-refractivity contribution is -0.128. The molecule has 6 atom stereocenters. The Kier molecular flexibility index (Phi) is 11.6. The topological polar surface area (TPSA) is 121 Å². The van der Waals surface area contributed by atoms with E-state index in [4.69, 9.17) is 16.2 Å². The molecule has 0 bridgehead atoms. The lowest BCUT2D eigenvalue weighted by Gasteiger charge is -2.50. The fourth-order valence-electron chi connectivity index (χ4n) is 6.66. The maximum Gasteiger partial charge on any atom is 0.228 e. The molecule has 39 heavy (non-hydrogen) atoms. The summed E-state index contributed by atoms with van der Waals surface area (Å²) in [7, 11) is 0. The van der Waals surface area contributed by atoms with Gasteiger partial charge in [0.1, 0.15) is 6.17 Å². The number of alkyl halides is 1. The number of carbonyl (C=O) groups excluding carboxylic acids is 1. The minimum atomic E-state index is -0.970. The molecular weight excluding hydrogens is 497 g/mol. The van der Waals surface area contributed by atoms with Gasteiger partial charge in [-0.2, -0.15) is 0 Å². The van der Waals surface area contributed by atoms with Crippen molar-refractivity contribution < 1.29 is 13.9 Å². The summed E-state index contributed by atoms with van der Waals surface area (Å²) in [5.74, 6) is 0.396. The van der Waals surface area contributed by atoms with Gasteiger partial charge in [-0.3, -0.25) is 14.6 Å². The second kappa shape index (κ2) is 14.7. The minimum Gasteiger partial charge on any atom is -0.378 e. The number of nitrogens with one attached hydrogen (secondary N) is 3. The van der Waals surface area contributed by atoms with E-state index in [1.807, 2.05) is 19.9 Å². The summed E-state index contributed by atoms with van der Waals surface area (Å²) in [5.41, 5.74) is 13.6. The summed E-state index contributed by atoms with van der Waals surface area (Å²) >= 11 is 0. The molecule has 0 aromatic carbocycles. The van der Waals surface area contributed by atoms with Crippen molar-refractivity contribution in [3.05, 3.63) is 11.6 Å². The number of halogens is 1. The smallest absolute Gasteiger partial charge is 0.228 e. The van der Waals surface area contributed by atoms with E-state index >= 15 is 0 Å². The van der Waals surface area contributed by atoms with Gasteiger partial charge in [-0.05, 0) is 51.0 Å². The summed E-state index contributed by atoms with van der Waals surface area (Å²) in [4.78, 5) is 19.1. The van der Waals surface area contributed by atoms with Gasteiger partial charge >= 0.3 is 0 Å². The third-order valence-corrected chi connectivity index (χ3v) is 9.36. The van der Waals surface area contributed by atoms with E-state index in [0.29, 0.717) is 18.4 Å². The Hall–Kier alpha value is -1.14. The molecule has 1 amide bonds. The molecule has 0 aromatic heterocycles. The first kappa shape index (κ1) is 30.8. The SMILES string of the molecule is CCCC(F)CNC(C=C(C)CC)C(C(=O)NC1CNCC(C2CC2)C1N1CCN(C2COC2)CC1)C(N)N. The second-order valence-electron chi connectivity index (χ2n) is 12.3. The zero-order chi connectivity index (χ0) is 27.9. The minimum absolute atomic E-state index is 0.0254. The van der Waals surface area contributed by atoms with Crippen molar-refractivity contribution in [1.82, 2.24) is 25.8 Å². The summed E-state index contributed by atoms with van der Waals surface area (Å²) in [6, 6.07) is 0.397. The molecule has 0 spiro atoms. The van der Waals surface area contributed by atoms with E-state index in [-0.39, 0.29) is 24.5 Å². The molecule has 0 radical (unpaired) electrons. The number of hydrogen-bond acceptors (Lipinski definition) is 8. The number of nitrogens with two attached hydrogens (primary N) is 2. The fourth-order valence-corrected chi connectivity index (χ4v) is 6.66. The normalized spacial score (nSPS) is 30.1. The van der Waals surface area contributed by atoms with Crippen molar-refractivity contribution in [2.75, 3.05) is 59.0 Å². The molecule has 224 valence electrons. The first-order valence-electron chi connectivity index (χ1n) is 15.4. The van der Waals surface area contributed by atoms with Gasteiger partial charge < -0.3 is 32.2 Å². The summed E-state index contributed by atoms with van der Waals surface area (Å²) in [5, 5.41) is 10.3. The van der Waals surface area contributed by atoms with Crippen molar-refractivity contribution in [2.24, 2.45) is 29.2 Å². The lowest BCUT2D eigenvalue weighted by atomic mass is 9.83. The molecule has 6 unspecified atom stereocenters. The van der Waals surface area contributed by atoms with Gasteiger partial charge in [-0.15, -0.1) is 0 Å². The molecule has 4 fully saturated rings. The van der Waals surface area contributed by atoms with Crippen LogP contribution >= 0.6 is 0 Å². The monoisotopic (exact) mass is 551 g/mol. The Labute approximate surface area is 235 Å². The summed E-state index contributed by atoms with van der Waals surface area (Å²) < 4.78 is 19.9. The number of piperidine rings is 1. The number of allylic oxidation sites excluding steroid dienone is 1. The van der Waals surface area contributed by atoms with Gasteiger partial charge in [0.25, 0.3) is 0 Å². The largest absolute Gasteiger partial charge is 0.378 e. The fraction of sp³-hybridized carbons (Fsp3) is 0.897.